The van der Waals surface area contributed by atoms with Crippen LogP contribution in [0.15, 0.2) is 28.0 Å². The molecule has 3 rings (SSSR count). The van der Waals surface area contributed by atoms with Gasteiger partial charge in [-0.1, -0.05) is 11.8 Å². The van der Waals surface area contributed by atoms with Crippen LogP contribution >= 0.6 is 11.8 Å². The van der Waals surface area contributed by atoms with Crippen molar-refractivity contribution in [2.75, 3.05) is 36.8 Å². The molecule has 8 nitrogen and oxygen atoms in total. The van der Waals surface area contributed by atoms with Crippen LogP contribution < -0.4 is 4.90 Å². The molecule has 144 valence electrons. The maximum atomic E-state index is 12.5. The highest BCUT2D eigenvalue weighted by molar-refractivity contribution is 7.99. The van der Waals surface area contributed by atoms with Gasteiger partial charge in [-0.2, -0.15) is 5.26 Å². The summed E-state index contributed by atoms with van der Waals surface area (Å²) in [6.07, 6.45) is 4.30. The van der Waals surface area contributed by atoms with E-state index >= 15 is 0 Å². The monoisotopic (exact) mass is 388 g/mol. The Labute approximate surface area is 163 Å². The summed E-state index contributed by atoms with van der Waals surface area (Å²) in [5, 5.41) is 18.2. The van der Waals surface area contributed by atoms with Crippen molar-refractivity contribution in [3.8, 4) is 6.07 Å². The van der Waals surface area contributed by atoms with Crippen molar-refractivity contribution in [1.29, 1.82) is 5.26 Å². The summed E-state index contributed by atoms with van der Waals surface area (Å²) in [5.41, 5.74) is 0. The molecule has 0 aromatic carbocycles. The van der Waals surface area contributed by atoms with Crippen molar-refractivity contribution in [1.82, 2.24) is 19.7 Å². The number of carbonyl (C=O) groups excluding carboxylic acids is 1. The average Bonchev–Trinajstić information content (AvgIpc) is 3.43. The molecule has 0 aliphatic carbocycles. The third-order valence-corrected chi connectivity index (χ3v) is 5.48. The highest BCUT2D eigenvalue weighted by Gasteiger charge is 2.23. The van der Waals surface area contributed by atoms with Gasteiger partial charge in [-0.15, -0.1) is 10.2 Å². The first-order valence-electron chi connectivity index (χ1n) is 9.21. The van der Waals surface area contributed by atoms with Gasteiger partial charge in [0.15, 0.2) is 5.16 Å². The number of nitriles is 1. The number of nitrogens with zero attached hydrogens (tertiary/aromatic N) is 6. The van der Waals surface area contributed by atoms with Crippen molar-refractivity contribution < 1.29 is 9.21 Å². The molecule has 1 saturated heterocycles. The minimum atomic E-state index is 0.00743. The van der Waals surface area contributed by atoms with Crippen LogP contribution in [0.2, 0.25) is 0 Å². The second-order valence-electron chi connectivity index (χ2n) is 6.31. The van der Waals surface area contributed by atoms with Gasteiger partial charge in [0.05, 0.1) is 31.1 Å². The van der Waals surface area contributed by atoms with Crippen LogP contribution in [0, 0.1) is 11.3 Å². The maximum Gasteiger partial charge on any atom is 0.233 e. The van der Waals surface area contributed by atoms with Crippen molar-refractivity contribution in [2.45, 2.75) is 37.9 Å². The fourth-order valence-electron chi connectivity index (χ4n) is 3.10. The zero-order valence-corrected chi connectivity index (χ0v) is 16.3. The van der Waals surface area contributed by atoms with E-state index in [1.54, 1.807) is 11.2 Å². The summed E-state index contributed by atoms with van der Waals surface area (Å²) in [7, 11) is 0. The molecule has 1 aliphatic heterocycles. The Hall–Kier alpha value is -2.47. The fraction of sp³-hybridized carbons (Fsp3) is 0.556. The topological polar surface area (TPSA) is 91.2 Å². The molecule has 0 atom stereocenters. The van der Waals surface area contributed by atoms with Gasteiger partial charge in [0.1, 0.15) is 5.76 Å². The predicted molar refractivity (Wildman–Crippen MR) is 102 cm³/mol. The van der Waals surface area contributed by atoms with Gasteiger partial charge in [-0.05, 0) is 31.9 Å². The molecule has 0 radical (unpaired) electrons. The van der Waals surface area contributed by atoms with Crippen LogP contribution in [0.25, 0.3) is 0 Å². The van der Waals surface area contributed by atoms with E-state index in [4.69, 9.17) is 9.68 Å². The number of aromatic nitrogens is 3. The molecule has 27 heavy (non-hydrogen) atoms. The molecule has 0 spiro atoms. The SMILES string of the molecule is CCN(CCC#N)C(=O)CSc1nnc(N2CCCC2)n1Cc1ccco1. The summed E-state index contributed by atoms with van der Waals surface area (Å²) in [5.74, 6) is 1.94. The molecule has 0 unspecified atom stereocenters. The highest BCUT2D eigenvalue weighted by atomic mass is 32.2. The van der Waals surface area contributed by atoms with Gasteiger partial charge in [-0.25, -0.2) is 0 Å². The summed E-state index contributed by atoms with van der Waals surface area (Å²) >= 11 is 1.38. The number of furan rings is 1. The molecular formula is C18H24N6O2S. The third kappa shape index (κ3) is 4.83. The Balaban J connectivity index is 1.72. The molecule has 0 bridgehead atoms. The van der Waals surface area contributed by atoms with Crippen LogP contribution in [0.5, 0.6) is 0 Å². The molecule has 1 amide bonds. The van der Waals surface area contributed by atoms with Crippen LogP contribution in [0.1, 0.15) is 31.9 Å². The molecule has 1 aliphatic rings. The lowest BCUT2D eigenvalue weighted by molar-refractivity contribution is -0.128. The van der Waals surface area contributed by atoms with E-state index in [-0.39, 0.29) is 11.7 Å². The summed E-state index contributed by atoms with van der Waals surface area (Å²) < 4.78 is 7.52. The molecule has 0 saturated carbocycles. The Morgan fingerprint density at radius 2 is 2.22 bits per heavy atom. The molecule has 3 heterocycles. The molecular weight excluding hydrogens is 364 g/mol. The van der Waals surface area contributed by atoms with Crippen molar-refractivity contribution >= 4 is 23.6 Å². The Kier molecular flexibility index (Phi) is 6.76. The second kappa shape index (κ2) is 9.46. The van der Waals surface area contributed by atoms with E-state index < -0.39 is 0 Å². The van der Waals surface area contributed by atoms with Crippen LogP contribution in [0.3, 0.4) is 0 Å². The van der Waals surface area contributed by atoms with E-state index in [1.165, 1.54) is 11.8 Å². The van der Waals surface area contributed by atoms with Gasteiger partial charge >= 0.3 is 0 Å². The summed E-state index contributed by atoms with van der Waals surface area (Å²) in [6, 6.07) is 5.87. The predicted octanol–water partition coefficient (Wildman–Crippen LogP) is 2.37. The zero-order chi connectivity index (χ0) is 19.1. The Bertz CT molecular complexity index is 776. The quantitative estimate of drug-likeness (QED) is 0.609. The number of hydrogen-bond acceptors (Lipinski definition) is 7. The van der Waals surface area contributed by atoms with Gasteiger partial charge in [0, 0.05) is 26.2 Å². The van der Waals surface area contributed by atoms with Crippen LogP contribution in [0.4, 0.5) is 5.95 Å². The first kappa shape index (κ1) is 19.3. The van der Waals surface area contributed by atoms with Crippen molar-refractivity contribution in [3.63, 3.8) is 0 Å². The standard InChI is InChI=1S/C18H24N6O2S/c1-2-22(11-6-8-19)16(25)14-27-18-21-20-17(23-9-3-4-10-23)24(18)13-15-7-5-12-26-15/h5,7,12H,2-4,6,9-11,13-14H2,1H3. The normalized spacial score (nSPS) is 13.7. The largest absolute Gasteiger partial charge is 0.467 e. The molecule has 2 aromatic heterocycles. The Morgan fingerprint density at radius 1 is 1.41 bits per heavy atom. The second-order valence-corrected chi connectivity index (χ2v) is 7.25. The number of carbonyl (C=O) groups is 1. The van der Waals surface area contributed by atoms with E-state index in [2.05, 4.69) is 21.2 Å². The third-order valence-electron chi connectivity index (χ3n) is 4.53. The van der Waals surface area contributed by atoms with Crippen molar-refractivity contribution in [2.24, 2.45) is 0 Å². The lowest BCUT2D eigenvalue weighted by atomic mass is 10.4. The minimum absolute atomic E-state index is 0.00743. The molecule has 2 aromatic rings. The average molecular weight is 388 g/mol. The van der Waals surface area contributed by atoms with Crippen LogP contribution in [-0.4, -0.2) is 57.5 Å². The number of hydrogen-bond donors (Lipinski definition) is 0. The lowest BCUT2D eigenvalue weighted by Gasteiger charge is -2.20. The van der Waals surface area contributed by atoms with E-state index in [9.17, 15) is 4.79 Å². The fourth-order valence-corrected chi connectivity index (χ4v) is 3.93. The summed E-state index contributed by atoms with van der Waals surface area (Å²) in [6.45, 7) is 5.46. The smallest absolute Gasteiger partial charge is 0.233 e. The number of anilines is 1. The maximum absolute atomic E-state index is 12.5. The zero-order valence-electron chi connectivity index (χ0n) is 15.5. The van der Waals surface area contributed by atoms with Gasteiger partial charge in [-0.3, -0.25) is 9.36 Å². The lowest BCUT2D eigenvalue weighted by Crippen LogP contribution is -2.33. The number of amides is 1. The van der Waals surface area contributed by atoms with E-state index in [0.717, 1.165) is 37.6 Å². The van der Waals surface area contributed by atoms with E-state index in [1.807, 2.05) is 23.6 Å². The Morgan fingerprint density at radius 3 is 2.89 bits per heavy atom. The van der Waals surface area contributed by atoms with Gasteiger partial charge in [0.25, 0.3) is 0 Å². The first-order chi connectivity index (χ1) is 13.2. The van der Waals surface area contributed by atoms with Crippen molar-refractivity contribution in [3.05, 3.63) is 24.2 Å². The number of thioether (sulfide) groups is 1. The van der Waals surface area contributed by atoms with Crippen LogP contribution in [-0.2, 0) is 11.3 Å². The van der Waals surface area contributed by atoms with Gasteiger partial charge in [0.2, 0.25) is 11.9 Å². The van der Waals surface area contributed by atoms with E-state index in [0.29, 0.717) is 31.2 Å². The number of rotatable bonds is 9. The van der Waals surface area contributed by atoms with Gasteiger partial charge < -0.3 is 14.2 Å². The molecule has 1 fully saturated rings. The molecule has 0 N–H and O–H groups in total. The molecule has 9 heteroatoms. The summed E-state index contributed by atoms with van der Waals surface area (Å²) in [4.78, 5) is 16.4. The minimum Gasteiger partial charge on any atom is -0.467 e. The first-order valence-corrected chi connectivity index (χ1v) is 10.2. The highest BCUT2D eigenvalue weighted by Crippen LogP contribution is 2.26.